The van der Waals surface area contributed by atoms with Crippen LogP contribution in [0.3, 0.4) is 0 Å². The van der Waals surface area contributed by atoms with Gasteiger partial charge in [-0.3, -0.25) is 19.2 Å². The summed E-state index contributed by atoms with van der Waals surface area (Å²) in [7, 11) is 0. The molecule has 0 saturated heterocycles. The van der Waals surface area contributed by atoms with Crippen LogP contribution in [-0.2, 0) is 33.4 Å². The lowest BCUT2D eigenvalue weighted by molar-refractivity contribution is -0.127. The fourth-order valence-electron chi connectivity index (χ4n) is 8.48. The highest BCUT2D eigenvalue weighted by atomic mass is 16.5. The van der Waals surface area contributed by atoms with Crippen molar-refractivity contribution in [3.63, 3.8) is 0 Å². The van der Waals surface area contributed by atoms with Crippen LogP contribution in [0.2, 0.25) is 0 Å². The molecule has 2 aliphatic rings. The van der Waals surface area contributed by atoms with E-state index in [9.17, 15) is 19.2 Å². The first-order chi connectivity index (χ1) is 32.8. The van der Waals surface area contributed by atoms with Crippen LogP contribution in [0.15, 0.2) is 117 Å². The van der Waals surface area contributed by atoms with Crippen molar-refractivity contribution in [2.24, 2.45) is 10.8 Å². The van der Waals surface area contributed by atoms with E-state index in [1.165, 1.54) is 67.4 Å². The van der Waals surface area contributed by atoms with Crippen molar-refractivity contribution in [3.8, 4) is 0 Å². The fraction of sp³-hybridized carbons (Fsp3) is 0.586. The van der Waals surface area contributed by atoms with Gasteiger partial charge in [0, 0.05) is 51.9 Å². The first kappa shape index (κ1) is 60.3. The SMILES string of the molecule is CC(=O)NCCCOCCOCCOCCCNC(=O)[C@H](CCCCNC(=O)/C=C(C)/C=C/C=C(C)/C=C/C1=C(C)CCCC1(C)C)NC(=O)/C=C(C)/C=C/C=C(C)/C=C/C1=C(C)CCCC1(C)C. The highest BCUT2D eigenvalue weighted by molar-refractivity contribution is 5.93. The molecule has 0 heterocycles. The first-order valence-electron chi connectivity index (χ1n) is 25.5. The maximum Gasteiger partial charge on any atom is 0.244 e. The van der Waals surface area contributed by atoms with E-state index in [1.54, 1.807) is 6.08 Å². The van der Waals surface area contributed by atoms with Crippen molar-refractivity contribution >= 4 is 23.6 Å². The van der Waals surface area contributed by atoms with Crippen LogP contribution in [0.4, 0.5) is 0 Å². The number of rotatable bonds is 31. The number of hydrogen-bond donors (Lipinski definition) is 4. The Morgan fingerprint density at radius 1 is 0.551 bits per heavy atom. The van der Waals surface area contributed by atoms with Gasteiger partial charge in [0.05, 0.1) is 26.4 Å². The molecule has 0 radical (unpaired) electrons. The molecule has 11 heteroatoms. The van der Waals surface area contributed by atoms with Gasteiger partial charge < -0.3 is 35.5 Å². The minimum absolute atomic E-state index is 0.0469. The van der Waals surface area contributed by atoms with Crippen LogP contribution < -0.4 is 21.3 Å². The number of nitrogens with one attached hydrogen (secondary N) is 4. The molecule has 0 saturated carbocycles. The molecular formula is C58H90N4O7. The van der Waals surface area contributed by atoms with Crippen LogP contribution >= 0.6 is 0 Å². The number of unbranched alkanes of at least 4 members (excludes halogenated alkanes) is 1. The third-order valence-corrected chi connectivity index (χ3v) is 12.5. The highest BCUT2D eigenvalue weighted by Gasteiger charge is 2.27. The summed E-state index contributed by atoms with van der Waals surface area (Å²) in [5.41, 5.74) is 10.0. The summed E-state index contributed by atoms with van der Waals surface area (Å²) in [5, 5.41) is 11.6. The summed E-state index contributed by atoms with van der Waals surface area (Å²) in [6.07, 6.45) is 34.0. The smallest absolute Gasteiger partial charge is 0.244 e. The van der Waals surface area contributed by atoms with Crippen molar-refractivity contribution in [1.29, 1.82) is 0 Å². The lowest BCUT2D eigenvalue weighted by Crippen LogP contribution is -2.46. The van der Waals surface area contributed by atoms with Crippen molar-refractivity contribution in [1.82, 2.24) is 21.3 Å². The lowest BCUT2D eigenvalue weighted by atomic mass is 9.72. The van der Waals surface area contributed by atoms with E-state index in [4.69, 9.17) is 14.2 Å². The zero-order valence-electron chi connectivity index (χ0n) is 44.5. The van der Waals surface area contributed by atoms with Gasteiger partial charge in [0.15, 0.2) is 0 Å². The summed E-state index contributed by atoms with van der Waals surface area (Å²) in [5.74, 6) is -0.829. The Morgan fingerprint density at radius 3 is 1.48 bits per heavy atom. The quantitative estimate of drug-likeness (QED) is 0.0308. The summed E-state index contributed by atoms with van der Waals surface area (Å²) >= 11 is 0. The number of ether oxygens (including phenoxy) is 3. The lowest BCUT2D eigenvalue weighted by Gasteiger charge is -2.33. The van der Waals surface area contributed by atoms with Gasteiger partial charge in [-0.05, 0) is 145 Å². The number of amides is 4. The molecule has 0 aromatic rings. The van der Waals surface area contributed by atoms with E-state index in [1.807, 2.05) is 44.2 Å². The molecule has 4 amide bonds. The Balaban J connectivity index is 1.90. The zero-order chi connectivity index (χ0) is 51.1. The molecule has 4 N–H and O–H groups in total. The Hall–Kier alpha value is -4.84. The highest BCUT2D eigenvalue weighted by Crippen LogP contribution is 2.41. The van der Waals surface area contributed by atoms with Crippen LogP contribution in [0, 0.1) is 10.8 Å². The van der Waals surface area contributed by atoms with Crippen molar-refractivity contribution in [2.75, 3.05) is 59.3 Å². The molecule has 0 unspecified atom stereocenters. The average Bonchev–Trinajstić information content (AvgIpc) is 3.26. The second-order valence-corrected chi connectivity index (χ2v) is 20.0. The molecule has 2 rings (SSSR count). The molecule has 0 bridgehead atoms. The summed E-state index contributed by atoms with van der Waals surface area (Å²) in [4.78, 5) is 50.2. The molecule has 11 nitrogen and oxygen atoms in total. The molecule has 1 atom stereocenters. The Morgan fingerprint density at radius 2 is 1.00 bits per heavy atom. The number of allylic oxidation sites excluding steroid dienone is 18. The van der Waals surface area contributed by atoms with E-state index in [2.05, 4.69) is 107 Å². The normalized spacial score (nSPS) is 17.7. The maximum absolute atomic E-state index is 13.4. The number of carbonyl (C=O) groups excluding carboxylic acids is 4. The standard InChI is InChI=1S/C58H90N4O7/c1-44(27-29-51-48(5)24-16-31-57(51,8)9)20-14-22-46(3)42-54(64)60-33-13-12-26-53(56(66)61-35-19-37-68-39-41-69-40-38-67-36-18-34-59-50(7)63)62-55(65)43-47(4)23-15-21-45(2)28-30-52-49(6)25-17-32-58(52,10)11/h14-15,20-23,27-30,42-43,53H,12-13,16-19,24-26,31-41H2,1-11H3,(H,59,63)(H,60,64)(H,61,66)(H,62,65)/b22-14+,23-15+,29-27+,30-28+,44-20+,45-21+,46-42+,47-43+/t53-/m0/s1. The van der Waals surface area contributed by atoms with Crippen molar-refractivity contribution in [2.45, 2.75) is 153 Å². The van der Waals surface area contributed by atoms with Crippen LogP contribution in [-0.4, -0.2) is 88.9 Å². The van der Waals surface area contributed by atoms with Gasteiger partial charge >= 0.3 is 0 Å². The number of carbonyl (C=O) groups is 4. The fourth-order valence-corrected chi connectivity index (χ4v) is 8.48. The molecule has 0 aliphatic heterocycles. The monoisotopic (exact) mass is 955 g/mol. The van der Waals surface area contributed by atoms with Gasteiger partial charge in [0.2, 0.25) is 23.6 Å². The third kappa shape index (κ3) is 27.2. The molecule has 0 aromatic carbocycles. The Labute approximate surface area is 417 Å². The minimum atomic E-state index is -0.745. The zero-order valence-corrected chi connectivity index (χ0v) is 44.5. The molecule has 0 fully saturated rings. The molecule has 2 aliphatic carbocycles. The van der Waals surface area contributed by atoms with Gasteiger partial charge in [0.1, 0.15) is 6.04 Å². The molecule has 0 spiro atoms. The van der Waals surface area contributed by atoms with E-state index in [0.717, 1.165) is 35.1 Å². The van der Waals surface area contributed by atoms with Crippen molar-refractivity contribution in [3.05, 3.63) is 117 Å². The predicted octanol–water partition coefficient (Wildman–Crippen LogP) is 10.9. The van der Waals surface area contributed by atoms with E-state index in [-0.39, 0.29) is 34.5 Å². The second-order valence-electron chi connectivity index (χ2n) is 20.0. The average molecular weight is 955 g/mol. The molecule has 384 valence electrons. The maximum atomic E-state index is 13.4. The van der Waals surface area contributed by atoms with Crippen molar-refractivity contribution < 1.29 is 33.4 Å². The summed E-state index contributed by atoms with van der Waals surface area (Å²) in [6.45, 7) is 27.4. The second kappa shape index (κ2) is 33.7. The van der Waals surface area contributed by atoms with Crippen LogP contribution in [0.25, 0.3) is 0 Å². The molecule has 0 aromatic heterocycles. The van der Waals surface area contributed by atoms with Crippen LogP contribution in [0.5, 0.6) is 0 Å². The largest absolute Gasteiger partial charge is 0.379 e. The van der Waals surface area contributed by atoms with Gasteiger partial charge in [-0.2, -0.15) is 0 Å². The van der Waals surface area contributed by atoms with Gasteiger partial charge in [-0.25, -0.2) is 0 Å². The summed E-state index contributed by atoms with van der Waals surface area (Å²) in [6, 6.07) is -0.745. The van der Waals surface area contributed by atoms with E-state index in [0.29, 0.717) is 85.0 Å². The first-order valence-corrected chi connectivity index (χ1v) is 25.5. The summed E-state index contributed by atoms with van der Waals surface area (Å²) < 4.78 is 16.7. The van der Waals surface area contributed by atoms with E-state index < -0.39 is 6.04 Å². The number of hydrogen-bond acceptors (Lipinski definition) is 7. The van der Waals surface area contributed by atoms with Gasteiger partial charge in [-0.1, -0.05) is 111 Å². The Kier molecular flexibility index (Phi) is 29.4. The van der Waals surface area contributed by atoms with Crippen LogP contribution in [0.1, 0.15) is 147 Å². The minimum Gasteiger partial charge on any atom is -0.379 e. The van der Waals surface area contributed by atoms with E-state index >= 15 is 0 Å². The molecule has 69 heavy (non-hydrogen) atoms. The van der Waals surface area contributed by atoms with Gasteiger partial charge in [-0.15, -0.1) is 0 Å². The van der Waals surface area contributed by atoms with Gasteiger partial charge in [0.25, 0.3) is 0 Å². The third-order valence-electron chi connectivity index (χ3n) is 12.5. The predicted molar refractivity (Wildman–Crippen MR) is 284 cm³/mol. The topological polar surface area (TPSA) is 144 Å². The molecular weight excluding hydrogens is 865 g/mol. The Bertz CT molecular complexity index is 1970.